The Labute approximate surface area is 151 Å². The van der Waals surface area contributed by atoms with Crippen LogP contribution in [0.25, 0.3) is 5.65 Å². The Hall–Kier alpha value is -3.15. The van der Waals surface area contributed by atoms with Crippen molar-refractivity contribution in [1.29, 1.82) is 0 Å². The van der Waals surface area contributed by atoms with Crippen molar-refractivity contribution in [1.82, 2.24) is 14.3 Å². The first-order valence-corrected chi connectivity index (χ1v) is 8.84. The first-order valence-electron chi connectivity index (χ1n) is 8.84. The highest BCUT2D eigenvalue weighted by Crippen LogP contribution is 2.16. The third kappa shape index (κ3) is 3.31. The number of likely N-dealkylation sites (tertiary alicyclic amines) is 1. The van der Waals surface area contributed by atoms with Crippen molar-refractivity contribution in [3.05, 3.63) is 66.1 Å². The Morgan fingerprint density at radius 2 is 1.77 bits per heavy atom. The Morgan fingerprint density at radius 3 is 2.62 bits per heavy atom. The van der Waals surface area contributed by atoms with Crippen molar-refractivity contribution < 1.29 is 9.59 Å². The lowest BCUT2D eigenvalue weighted by molar-refractivity contribution is 0.0724. The van der Waals surface area contributed by atoms with Crippen molar-refractivity contribution in [2.24, 2.45) is 0 Å². The van der Waals surface area contributed by atoms with Gasteiger partial charge in [-0.05, 0) is 43.5 Å². The topological polar surface area (TPSA) is 66.7 Å². The molecule has 26 heavy (non-hydrogen) atoms. The van der Waals surface area contributed by atoms with E-state index < -0.39 is 0 Å². The summed E-state index contributed by atoms with van der Waals surface area (Å²) in [6.07, 6.45) is 8.65. The molecule has 6 nitrogen and oxygen atoms in total. The van der Waals surface area contributed by atoms with Gasteiger partial charge in [0.2, 0.25) is 0 Å². The van der Waals surface area contributed by atoms with Gasteiger partial charge in [-0.2, -0.15) is 0 Å². The molecule has 1 saturated heterocycles. The van der Waals surface area contributed by atoms with E-state index in [-0.39, 0.29) is 11.8 Å². The summed E-state index contributed by atoms with van der Waals surface area (Å²) in [6, 6.07) is 10.5. The van der Waals surface area contributed by atoms with Crippen molar-refractivity contribution >= 4 is 23.1 Å². The summed E-state index contributed by atoms with van der Waals surface area (Å²) < 4.78 is 1.87. The molecule has 0 saturated carbocycles. The number of rotatable bonds is 3. The van der Waals surface area contributed by atoms with E-state index in [9.17, 15) is 9.59 Å². The fraction of sp³-hybridized carbons (Fsp3) is 0.250. The second-order valence-electron chi connectivity index (χ2n) is 6.50. The van der Waals surface area contributed by atoms with Gasteiger partial charge in [0.1, 0.15) is 5.65 Å². The van der Waals surface area contributed by atoms with Crippen LogP contribution in [-0.4, -0.2) is 39.2 Å². The minimum atomic E-state index is -0.241. The molecule has 0 radical (unpaired) electrons. The number of carbonyl (C=O) groups excluding carboxylic acids is 2. The molecule has 0 unspecified atom stereocenters. The first kappa shape index (κ1) is 16.3. The molecular weight excluding hydrogens is 328 g/mol. The van der Waals surface area contributed by atoms with Crippen LogP contribution in [0.5, 0.6) is 0 Å². The van der Waals surface area contributed by atoms with Gasteiger partial charge in [-0.25, -0.2) is 4.98 Å². The number of amides is 2. The zero-order valence-electron chi connectivity index (χ0n) is 14.4. The molecule has 0 aliphatic carbocycles. The van der Waals surface area contributed by atoms with Crippen LogP contribution in [0.2, 0.25) is 0 Å². The van der Waals surface area contributed by atoms with E-state index >= 15 is 0 Å². The maximum Gasteiger partial charge on any atom is 0.255 e. The molecule has 6 heteroatoms. The number of piperidine rings is 1. The lowest BCUT2D eigenvalue weighted by Crippen LogP contribution is -2.35. The van der Waals surface area contributed by atoms with Gasteiger partial charge in [-0.15, -0.1) is 0 Å². The minimum Gasteiger partial charge on any atom is -0.339 e. The number of hydrogen-bond donors (Lipinski definition) is 1. The Kier molecular flexibility index (Phi) is 4.39. The lowest BCUT2D eigenvalue weighted by Gasteiger charge is -2.26. The molecule has 1 aliphatic rings. The number of anilines is 1. The van der Waals surface area contributed by atoms with Gasteiger partial charge in [-0.1, -0.05) is 6.07 Å². The van der Waals surface area contributed by atoms with Crippen LogP contribution >= 0.6 is 0 Å². The summed E-state index contributed by atoms with van der Waals surface area (Å²) >= 11 is 0. The molecule has 0 bridgehead atoms. The predicted octanol–water partition coefficient (Wildman–Crippen LogP) is 3.21. The summed E-state index contributed by atoms with van der Waals surface area (Å²) in [5.74, 6) is -0.243. The second kappa shape index (κ2) is 7.00. The minimum absolute atomic E-state index is 0.00171. The van der Waals surface area contributed by atoms with Gasteiger partial charge < -0.3 is 14.6 Å². The molecular formula is C20H20N4O2. The van der Waals surface area contributed by atoms with Gasteiger partial charge in [0.25, 0.3) is 11.8 Å². The Morgan fingerprint density at radius 1 is 0.962 bits per heavy atom. The number of nitrogens with zero attached hydrogens (tertiary/aromatic N) is 3. The van der Waals surface area contributed by atoms with Crippen LogP contribution in [0.4, 0.5) is 5.69 Å². The quantitative estimate of drug-likeness (QED) is 0.790. The number of benzene rings is 1. The molecule has 132 valence electrons. The normalized spacial score (nSPS) is 14.4. The highest BCUT2D eigenvalue weighted by Gasteiger charge is 2.19. The van der Waals surface area contributed by atoms with E-state index in [0.29, 0.717) is 16.8 Å². The van der Waals surface area contributed by atoms with Crippen molar-refractivity contribution in [2.75, 3.05) is 18.4 Å². The molecule has 2 amide bonds. The van der Waals surface area contributed by atoms with Gasteiger partial charge in [0.05, 0.1) is 0 Å². The standard InChI is InChI=1S/C20H20N4O2/c25-19(22-17-7-11-23-12-8-21-18(23)14-17)15-5-4-6-16(13-15)20(26)24-9-2-1-3-10-24/h4-8,11-14H,1-3,9-10H2,(H,22,25). The smallest absolute Gasteiger partial charge is 0.255 e. The van der Waals surface area contributed by atoms with Crippen LogP contribution < -0.4 is 5.32 Å². The molecule has 4 rings (SSSR count). The Bertz CT molecular complexity index is 957. The summed E-state index contributed by atoms with van der Waals surface area (Å²) in [4.78, 5) is 31.3. The number of pyridine rings is 1. The highest BCUT2D eigenvalue weighted by molar-refractivity contribution is 6.06. The van der Waals surface area contributed by atoms with Gasteiger partial charge in [0.15, 0.2) is 0 Å². The van der Waals surface area contributed by atoms with E-state index in [1.54, 1.807) is 36.5 Å². The summed E-state index contributed by atoms with van der Waals surface area (Å²) in [5.41, 5.74) is 2.46. The number of aromatic nitrogens is 2. The average molecular weight is 348 g/mol. The molecule has 0 spiro atoms. The Balaban J connectivity index is 1.51. The molecule has 1 fully saturated rings. The number of nitrogens with one attached hydrogen (secondary N) is 1. The number of fused-ring (bicyclic) bond motifs is 1. The van der Waals surface area contributed by atoms with Crippen LogP contribution in [0.1, 0.15) is 40.0 Å². The SMILES string of the molecule is O=C(Nc1ccn2ccnc2c1)c1cccc(C(=O)N2CCCCC2)c1. The molecule has 1 N–H and O–H groups in total. The van der Waals surface area contributed by atoms with Gasteiger partial charge in [0, 0.05) is 54.6 Å². The first-order chi connectivity index (χ1) is 12.7. The monoisotopic (exact) mass is 348 g/mol. The number of hydrogen-bond acceptors (Lipinski definition) is 3. The molecule has 2 aromatic heterocycles. The largest absolute Gasteiger partial charge is 0.339 e. The molecule has 0 atom stereocenters. The molecule has 1 aliphatic heterocycles. The van der Waals surface area contributed by atoms with E-state index in [0.717, 1.165) is 31.6 Å². The van der Waals surface area contributed by atoms with Crippen molar-refractivity contribution in [2.45, 2.75) is 19.3 Å². The third-order valence-corrected chi connectivity index (χ3v) is 4.67. The predicted molar refractivity (Wildman–Crippen MR) is 99.3 cm³/mol. The molecule has 1 aromatic carbocycles. The van der Waals surface area contributed by atoms with E-state index in [1.165, 1.54) is 6.42 Å². The number of carbonyl (C=O) groups is 2. The zero-order valence-corrected chi connectivity index (χ0v) is 14.4. The van der Waals surface area contributed by atoms with Crippen LogP contribution in [0, 0.1) is 0 Å². The van der Waals surface area contributed by atoms with E-state index in [4.69, 9.17) is 0 Å². The summed E-state index contributed by atoms with van der Waals surface area (Å²) in [6.45, 7) is 1.58. The second-order valence-corrected chi connectivity index (χ2v) is 6.50. The maximum absolute atomic E-state index is 12.6. The van der Waals surface area contributed by atoms with Crippen molar-refractivity contribution in [3.63, 3.8) is 0 Å². The fourth-order valence-electron chi connectivity index (χ4n) is 3.26. The van der Waals surface area contributed by atoms with E-state index in [2.05, 4.69) is 10.3 Å². The maximum atomic E-state index is 12.6. The highest BCUT2D eigenvalue weighted by atomic mass is 16.2. The zero-order chi connectivity index (χ0) is 17.9. The van der Waals surface area contributed by atoms with Crippen LogP contribution in [0.3, 0.4) is 0 Å². The molecule has 3 heterocycles. The van der Waals surface area contributed by atoms with Crippen LogP contribution in [0.15, 0.2) is 55.0 Å². The lowest BCUT2D eigenvalue weighted by atomic mass is 10.1. The number of imidazole rings is 1. The molecule has 3 aromatic rings. The van der Waals surface area contributed by atoms with Crippen LogP contribution in [-0.2, 0) is 0 Å². The fourth-order valence-corrected chi connectivity index (χ4v) is 3.26. The van der Waals surface area contributed by atoms with Crippen molar-refractivity contribution in [3.8, 4) is 0 Å². The third-order valence-electron chi connectivity index (χ3n) is 4.67. The van der Waals surface area contributed by atoms with Gasteiger partial charge in [-0.3, -0.25) is 9.59 Å². The van der Waals surface area contributed by atoms with Gasteiger partial charge >= 0.3 is 0 Å². The van der Waals surface area contributed by atoms with E-state index in [1.807, 2.05) is 27.8 Å². The average Bonchev–Trinajstić information content (AvgIpc) is 3.16. The summed E-state index contributed by atoms with van der Waals surface area (Å²) in [5, 5.41) is 2.87. The summed E-state index contributed by atoms with van der Waals surface area (Å²) in [7, 11) is 0.